The Bertz CT molecular complexity index is 293. The van der Waals surface area contributed by atoms with Crippen LogP contribution in [0.1, 0.15) is 20.8 Å². The molecule has 0 aromatic heterocycles. The molecule has 1 N–H and O–H groups in total. The minimum atomic E-state index is -3.25. The van der Waals surface area contributed by atoms with E-state index in [9.17, 15) is 8.42 Å². The van der Waals surface area contributed by atoms with Crippen LogP contribution < -0.4 is 5.32 Å². The zero-order valence-corrected chi connectivity index (χ0v) is 11.8. The fraction of sp³-hybridized carbons (Fsp3) is 1.00. The van der Waals surface area contributed by atoms with E-state index in [-0.39, 0.29) is 18.4 Å². The van der Waals surface area contributed by atoms with Crippen molar-refractivity contribution in [2.75, 3.05) is 32.7 Å². The number of nitrogens with zero attached hydrogens (tertiary/aromatic N) is 2. The highest BCUT2D eigenvalue weighted by Gasteiger charge is 2.32. The summed E-state index contributed by atoms with van der Waals surface area (Å²) in [5.74, 6) is 0. The van der Waals surface area contributed by atoms with Crippen LogP contribution in [0.5, 0.6) is 0 Å². The van der Waals surface area contributed by atoms with Crippen LogP contribution >= 0.6 is 12.4 Å². The molecule has 0 bridgehead atoms. The summed E-state index contributed by atoms with van der Waals surface area (Å²) in [7, 11) is -3.25. The summed E-state index contributed by atoms with van der Waals surface area (Å²) >= 11 is 0. The van der Waals surface area contributed by atoms with Gasteiger partial charge in [0.1, 0.15) is 0 Å². The first kappa shape index (κ1) is 16.1. The maximum Gasteiger partial charge on any atom is 0.282 e. The van der Waals surface area contributed by atoms with Crippen LogP contribution in [-0.2, 0) is 10.2 Å². The molecule has 1 atom stereocenters. The van der Waals surface area contributed by atoms with E-state index in [1.807, 2.05) is 20.8 Å². The van der Waals surface area contributed by atoms with E-state index >= 15 is 0 Å². The Morgan fingerprint density at radius 3 is 2.38 bits per heavy atom. The van der Waals surface area contributed by atoms with E-state index in [0.717, 1.165) is 13.1 Å². The van der Waals surface area contributed by atoms with E-state index in [1.165, 1.54) is 4.31 Å². The van der Waals surface area contributed by atoms with Crippen LogP contribution in [0.3, 0.4) is 0 Å². The molecule has 1 aliphatic rings. The van der Waals surface area contributed by atoms with E-state index in [1.54, 1.807) is 4.31 Å². The molecule has 0 aliphatic carbocycles. The summed E-state index contributed by atoms with van der Waals surface area (Å²) < 4.78 is 27.5. The Labute approximate surface area is 105 Å². The molecule has 1 aliphatic heterocycles. The van der Waals surface area contributed by atoms with Gasteiger partial charge in [-0.25, -0.2) is 0 Å². The second-order valence-electron chi connectivity index (χ2n) is 3.76. The SMILES string of the molecule is CCN(CC)S(=O)(=O)N1CCNC[C@H]1C.Cl. The van der Waals surface area contributed by atoms with Crippen LogP contribution in [0.15, 0.2) is 0 Å². The third-order valence-corrected chi connectivity index (χ3v) is 5.07. The summed E-state index contributed by atoms with van der Waals surface area (Å²) in [5.41, 5.74) is 0. The van der Waals surface area contributed by atoms with Gasteiger partial charge in [0.2, 0.25) is 0 Å². The molecule has 98 valence electrons. The quantitative estimate of drug-likeness (QED) is 0.800. The molecule has 1 rings (SSSR count). The van der Waals surface area contributed by atoms with Crippen molar-refractivity contribution in [1.29, 1.82) is 0 Å². The molecule has 1 fully saturated rings. The first-order chi connectivity index (χ1) is 7.04. The summed E-state index contributed by atoms with van der Waals surface area (Å²) in [6, 6.07) is 0.0457. The lowest BCUT2D eigenvalue weighted by Crippen LogP contribution is -2.56. The van der Waals surface area contributed by atoms with Crippen molar-refractivity contribution in [2.45, 2.75) is 26.8 Å². The normalized spacial score (nSPS) is 23.1. The van der Waals surface area contributed by atoms with Crippen molar-refractivity contribution >= 4 is 22.6 Å². The zero-order valence-electron chi connectivity index (χ0n) is 10.1. The molecule has 5 nitrogen and oxygen atoms in total. The van der Waals surface area contributed by atoms with Crippen molar-refractivity contribution < 1.29 is 8.42 Å². The Hall–Kier alpha value is 0.120. The predicted octanol–water partition coefficient (Wildman–Crippen LogP) is 0.288. The second-order valence-corrected chi connectivity index (χ2v) is 5.64. The molecule has 1 heterocycles. The molecule has 0 amide bonds. The Morgan fingerprint density at radius 2 is 1.94 bits per heavy atom. The lowest BCUT2D eigenvalue weighted by atomic mass is 10.3. The van der Waals surface area contributed by atoms with Crippen molar-refractivity contribution in [3.8, 4) is 0 Å². The van der Waals surface area contributed by atoms with Gasteiger partial charge in [0.15, 0.2) is 0 Å². The van der Waals surface area contributed by atoms with E-state index in [0.29, 0.717) is 19.6 Å². The molecule has 0 aromatic carbocycles. The van der Waals surface area contributed by atoms with Crippen LogP contribution in [0, 0.1) is 0 Å². The highest BCUT2D eigenvalue weighted by atomic mass is 35.5. The Kier molecular flexibility index (Phi) is 6.81. The summed E-state index contributed by atoms with van der Waals surface area (Å²) in [5, 5.41) is 3.19. The number of nitrogens with one attached hydrogen (secondary N) is 1. The second kappa shape index (κ2) is 6.76. The molecule has 0 radical (unpaired) electrons. The fourth-order valence-electron chi connectivity index (χ4n) is 1.86. The van der Waals surface area contributed by atoms with Crippen molar-refractivity contribution in [2.24, 2.45) is 0 Å². The number of rotatable bonds is 4. The maximum atomic E-state index is 12.2. The number of hydrogen-bond acceptors (Lipinski definition) is 3. The minimum Gasteiger partial charge on any atom is -0.314 e. The number of halogens is 1. The summed E-state index contributed by atoms with van der Waals surface area (Å²) in [6.07, 6.45) is 0. The van der Waals surface area contributed by atoms with E-state index < -0.39 is 10.2 Å². The van der Waals surface area contributed by atoms with Crippen molar-refractivity contribution in [3.05, 3.63) is 0 Å². The molecular formula is C9H22ClN3O2S. The molecule has 16 heavy (non-hydrogen) atoms. The van der Waals surface area contributed by atoms with Crippen LogP contribution in [0.2, 0.25) is 0 Å². The third kappa shape index (κ3) is 3.30. The van der Waals surface area contributed by atoms with Gasteiger partial charge in [-0.2, -0.15) is 17.0 Å². The number of hydrogen-bond donors (Lipinski definition) is 1. The first-order valence-electron chi connectivity index (χ1n) is 5.51. The van der Waals surface area contributed by atoms with Gasteiger partial charge >= 0.3 is 0 Å². The van der Waals surface area contributed by atoms with Gasteiger partial charge in [0.25, 0.3) is 10.2 Å². The van der Waals surface area contributed by atoms with Gasteiger partial charge < -0.3 is 5.32 Å². The maximum absolute atomic E-state index is 12.2. The molecule has 0 spiro atoms. The lowest BCUT2D eigenvalue weighted by molar-refractivity contribution is 0.260. The Balaban J connectivity index is 0.00000225. The van der Waals surface area contributed by atoms with E-state index in [2.05, 4.69) is 5.32 Å². The fourth-order valence-corrected chi connectivity index (χ4v) is 3.66. The van der Waals surface area contributed by atoms with Gasteiger partial charge in [0.05, 0.1) is 0 Å². The van der Waals surface area contributed by atoms with Crippen molar-refractivity contribution in [3.63, 3.8) is 0 Å². The van der Waals surface area contributed by atoms with Gasteiger partial charge in [-0.15, -0.1) is 12.4 Å². The zero-order chi connectivity index (χ0) is 11.5. The third-order valence-electron chi connectivity index (χ3n) is 2.77. The van der Waals surface area contributed by atoms with Gasteiger partial charge in [-0.3, -0.25) is 0 Å². The van der Waals surface area contributed by atoms with Gasteiger partial charge in [0, 0.05) is 38.8 Å². The highest BCUT2D eigenvalue weighted by Crippen LogP contribution is 2.13. The summed E-state index contributed by atoms with van der Waals surface area (Å²) in [4.78, 5) is 0. The average Bonchev–Trinajstić information content (AvgIpc) is 2.19. The molecule has 0 aromatic rings. The monoisotopic (exact) mass is 271 g/mol. The predicted molar refractivity (Wildman–Crippen MR) is 68.1 cm³/mol. The Morgan fingerprint density at radius 1 is 1.38 bits per heavy atom. The lowest BCUT2D eigenvalue weighted by Gasteiger charge is -2.36. The average molecular weight is 272 g/mol. The highest BCUT2D eigenvalue weighted by molar-refractivity contribution is 7.86. The van der Waals surface area contributed by atoms with Crippen LogP contribution in [-0.4, -0.2) is 55.8 Å². The van der Waals surface area contributed by atoms with E-state index in [4.69, 9.17) is 0 Å². The van der Waals surface area contributed by atoms with Gasteiger partial charge in [-0.05, 0) is 6.92 Å². The molecular weight excluding hydrogens is 250 g/mol. The first-order valence-corrected chi connectivity index (χ1v) is 6.91. The molecule has 0 unspecified atom stereocenters. The molecule has 0 saturated carbocycles. The smallest absolute Gasteiger partial charge is 0.282 e. The van der Waals surface area contributed by atoms with Crippen LogP contribution in [0.25, 0.3) is 0 Å². The molecule has 1 saturated heterocycles. The van der Waals surface area contributed by atoms with Crippen molar-refractivity contribution in [1.82, 2.24) is 13.9 Å². The van der Waals surface area contributed by atoms with Gasteiger partial charge in [-0.1, -0.05) is 13.8 Å². The molecule has 7 heteroatoms. The standard InChI is InChI=1S/C9H21N3O2S.ClH/c1-4-11(5-2)15(13,14)12-7-6-10-8-9(12)3;/h9-10H,4-8H2,1-3H3;1H/t9-;/m1./s1. The minimum absolute atomic E-state index is 0. The largest absolute Gasteiger partial charge is 0.314 e. The van der Waals surface area contributed by atoms with Crippen LogP contribution in [0.4, 0.5) is 0 Å². The summed E-state index contributed by atoms with van der Waals surface area (Å²) in [6.45, 7) is 8.80. The topological polar surface area (TPSA) is 52.7 Å². The number of piperazine rings is 1.